The first-order chi connectivity index (χ1) is 2.41. The van der Waals surface area contributed by atoms with Gasteiger partial charge in [0, 0.05) is 13.3 Å². The molecule has 0 aromatic rings. The van der Waals surface area contributed by atoms with Crippen LogP contribution in [0.3, 0.4) is 0 Å². The molecule has 0 atom stereocenters. The summed E-state index contributed by atoms with van der Waals surface area (Å²) in [6.45, 7) is 0.0521. The van der Waals surface area contributed by atoms with Crippen molar-refractivity contribution in [2.75, 3.05) is 13.7 Å². The van der Waals surface area contributed by atoms with Gasteiger partial charge in [0.05, 0.1) is 6.61 Å². The van der Waals surface area contributed by atoms with E-state index in [2.05, 4.69) is 4.99 Å². The molecule has 0 amide bonds. The second kappa shape index (κ2) is 3.63. The summed E-state index contributed by atoms with van der Waals surface area (Å²) in [7, 11) is 1.62. The molecule has 1 N–H and O–H groups in total. The quantitative estimate of drug-likeness (QED) is 0.424. The summed E-state index contributed by atoms with van der Waals surface area (Å²) in [6.07, 6.45) is 1.43. The zero-order chi connectivity index (χ0) is 4.12. The summed E-state index contributed by atoms with van der Waals surface area (Å²) in [5.41, 5.74) is 0. The zero-order valence-electron chi connectivity index (χ0n) is 3.18. The molecule has 0 unspecified atom stereocenters. The average Bonchev–Trinajstić information content (AvgIpc) is 1.41. The second-order valence-corrected chi connectivity index (χ2v) is 0.623. The second-order valence-electron chi connectivity index (χ2n) is 0.623. The highest BCUT2D eigenvalue weighted by atomic mass is 16.2. The minimum atomic E-state index is 0.0521. The van der Waals surface area contributed by atoms with Gasteiger partial charge in [-0.05, 0) is 0 Å². The molecule has 0 rings (SSSR count). The fourth-order valence-electron chi connectivity index (χ4n) is 0.0816. The topological polar surface area (TPSA) is 32.6 Å². The molecule has 30 valence electrons. The van der Waals surface area contributed by atoms with Gasteiger partial charge in [-0.3, -0.25) is 4.99 Å². The van der Waals surface area contributed by atoms with E-state index >= 15 is 0 Å². The predicted molar refractivity (Wildman–Crippen MR) is 21.5 cm³/mol. The molecule has 0 aromatic carbocycles. The summed E-state index contributed by atoms with van der Waals surface area (Å²) in [4.78, 5) is 3.48. The maximum absolute atomic E-state index is 7.92. The number of hydrogen-bond acceptors (Lipinski definition) is 2. The summed E-state index contributed by atoms with van der Waals surface area (Å²) in [6, 6.07) is 0. The standard InChI is InChI=1S/C3H7NO/c1-4-2-3-5/h2,5H,3H2,1H3/b4-2+. The molecule has 5 heavy (non-hydrogen) atoms. The van der Waals surface area contributed by atoms with Gasteiger partial charge in [0.2, 0.25) is 0 Å². The Balaban J connectivity index is 2.62. The first-order valence-corrected chi connectivity index (χ1v) is 1.43. The van der Waals surface area contributed by atoms with Crippen LogP contribution in [0.5, 0.6) is 0 Å². The molecule has 0 aliphatic carbocycles. The Kier molecular flexibility index (Phi) is 3.36. The fraction of sp³-hybridized carbons (Fsp3) is 0.667. The van der Waals surface area contributed by atoms with Crippen LogP contribution >= 0.6 is 0 Å². The van der Waals surface area contributed by atoms with Crippen LogP contribution in [0.2, 0.25) is 0 Å². The average molecular weight is 73.1 g/mol. The number of aliphatic hydroxyl groups excluding tert-OH is 1. The van der Waals surface area contributed by atoms with Gasteiger partial charge in [-0.15, -0.1) is 0 Å². The number of nitrogens with zero attached hydrogens (tertiary/aromatic N) is 1. The molecule has 0 fully saturated rings. The minimum absolute atomic E-state index is 0.0521. The maximum Gasteiger partial charge on any atom is 0.0779 e. The lowest BCUT2D eigenvalue weighted by Crippen LogP contribution is -1.77. The van der Waals surface area contributed by atoms with Gasteiger partial charge in [-0.2, -0.15) is 0 Å². The Bertz CT molecular complexity index is 33.9. The lowest BCUT2D eigenvalue weighted by molar-refractivity contribution is 0.361. The summed E-state index contributed by atoms with van der Waals surface area (Å²) in [5.74, 6) is 0. The van der Waals surface area contributed by atoms with E-state index in [1.165, 1.54) is 6.21 Å². The zero-order valence-corrected chi connectivity index (χ0v) is 3.18. The molecule has 0 bridgehead atoms. The van der Waals surface area contributed by atoms with Crippen molar-refractivity contribution in [3.63, 3.8) is 0 Å². The highest BCUT2D eigenvalue weighted by Gasteiger charge is 1.53. The van der Waals surface area contributed by atoms with Gasteiger partial charge in [-0.25, -0.2) is 0 Å². The number of aliphatic hydroxyl groups is 1. The van der Waals surface area contributed by atoms with Crippen LogP contribution in [0.15, 0.2) is 4.99 Å². The van der Waals surface area contributed by atoms with Crippen LogP contribution in [0, 0.1) is 0 Å². The fourth-order valence-corrected chi connectivity index (χ4v) is 0.0816. The third-order valence-corrected chi connectivity index (χ3v) is 0.264. The predicted octanol–water partition coefficient (Wildman–Crippen LogP) is -0.321. The van der Waals surface area contributed by atoms with Gasteiger partial charge in [0.25, 0.3) is 0 Å². The van der Waals surface area contributed by atoms with Gasteiger partial charge < -0.3 is 5.11 Å². The highest BCUT2D eigenvalue weighted by molar-refractivity contribution is 5.57. The van der Waals surface area contributed by atoms with Crippen LogP contribution in [0.4, 0.5) is 0 Å². The first kappa shape index (κ1) is 4.63. The summed E-state index contributed by atoms with van der Waals surface area (Å²) >= 11 is 0. The van der Waals surface area contributed by atoms with E-state index in [1.807, 2.05) is 0 Å². The molecule has 0 spiro atoms. The largest absolute Gasteiger partial charge is 0.391 e. The Morgan fingerprint density at radius 2 is 2.60 bits per heavy atom. The van der Waals surface area contributed by atoms with Gasteiger partial charge >= 0.3 is 0 Å². The number of hydrogen-bond donors (Lipinski definition) is 1. The smallest absolute Gasteiger partial charge is 0.0779 e. The van der Waals surface area contributed by atoms with E-state index in [0.717, 1.165) is 0 Å². The van der Waals surface area contributed by atoms with E-state index in [0.29, 0.717) is 0 Å². The molecule has 0 saturated carbocycles. The Hall–Kier alpha value is -0.370. The molecule has 0 heterocycles. The summed E-state index contributed by atoms with van der Waals surface area (Å²) < 4.78 is 0. The van der Waals surface area contributed by atoms with E-state index in [-0.39, 0.29) is 6.61 Å². The number of aliphatic imine (C=N–C) groups is 1. The van der Waals surface area contributed by atoms with Gasteiger partial charge in [0.15, 0.2) is 0 Å². The molecule has 0 aromatic heterocycles. The molecule has 0 saturated heterocycles. The van der Waals surface area contributed by atoms with Crippen molar-refractivity contribution >= 4 is 6.21 Å². The van der Waals surface area contributed by atoms with Crippen LogP contribution in [0.1, 0.15) is 0 Å². The van der Waals surface area contributed by atoms with Crippen LogP contribution in [-0.2, 0) is 0 Å². The van der Waals surface area contributed by atoms with Gasteiger partial charge in [-0.1, -0.05) is 0 Å². The van der Waals surface area contributed by atoms with E-state index < -0.39 is 0 Å². The van der Waals surface area contributed by atoms with E-state index in [4.69, 9.17) is 5.11 Å². The van der Waals surface area contributed by atoms with E-state index in [1.54, 1.807) is 7.05 Å². The highest BCUT2D eigenvalue weighted by Crippen LogP contribution is 1.44. The molecular formula is C3H7NO. The Labute approximate surface area is 31.2 Å². The van der Waals surface area contributed by atoms with E-state index in [9.17, 15) is 0 Å². The molecule has 0 aliphatic rings. The summed E-state index contributed by atoms with van der Waals surface area (Å²) in [5, 5.41) is 7.92. The van der Waals surface area contributed by atoms with Gasteiger partial charge in [0.1, 0.15) is 0 Å². The molecule has 2 heteroatoms. The van der Waals surface area contributed by atoms with Crippen molar-refractivity contribution in [2.24, 2.45) is 4.99 Å². The Morgan fingerprint density at radius 1 is 2.00 bits per heavy atom. The van der Waals surface area contributed by atoms with Crippen molar-refractivity contribution in [1.82, 2.24) is 0 Å². The molecule has 0 radical (unpaired) electrons. The third kappa shape index (κ3) is 3.63. The molecular weight excluding hydrogens is 66.0 g/mol. The molecule has 0 aliphatic heterocycles. The molecule has 2 nitrogen and oxygen atoms in total. The first-order valence-electron chi connectivity index (χ1n) is 1.43. The van der Waals surface area contributed by atoms with Crippen molar-refractivity contribution in [3.05, 3.63) is 0 Å². The normalized spacial score (nSPS) is 10.0. The lowest BCUT2D eigenvalue weighted by atomic mass is 10.8. The van der Waals surface area contributed by atoms with Crippen LogP contribution in [0.25, 0.3) is 0 Å². The van der Waals surface area contributed by atoms with Crippen molar-refractivity contribution in [2.45, 2.75) is 0 Å². The van der Waals surface area contributed by atoms with Crippen LogP contribution in [-0.4, -0.2) is 25.0 Å². The third-order valence-electron chi connectivity index (χ3n) is 0.264. The van der Waals surface area contributed by atoms with Crippen LogP contribution < -0.4 is 0 Å². The SMILES string of the molecule is C/N=C/CO. The Morgan fingerprint density at radius 3 is 2.60 bits per heavy atom. The lowest BCUT2D eigenvalue weighted by Gasteiger charge is -1.66. The monoisotopic (exact) mass is 73.1 g/mol. The van der Waals surface area contributed by atoms with Crippen molar-refractivity contribution in [1.29, 1.82) is 0 Å². The maximum atomic E-state index is 7.92. The number of rotatable bonds is 1. The van der Waals surface area contributed by atoms with Crippen molar-refractivity contribution < 1.29 is 5.11 Å². The minimum Gasteiger partial charge on any atom is -0.391 e. The van der Waals surface area contributed by atoms with Crippen molar-refractivity contribution in [3.8, 4) is 0 Å².